The van der Waals surface area contributed by atoms with Crippen molar-refractivity contribution in [3.8, 4) is 0 Å². The molecule has 2 N–H and O–H groups in total. The number of halogens is 1. The van der Waals surface area contributed by atoms with Crippen molar-refractivity contribution in [3.63, 3.8) is 0 Å². The SMILES string of the molecule is O=C(O)C(Cc1cccc(Br)c1)[C@H]1CCNC1. The van der Waals surface area contributed by atoms with E-state index in [1.165, 1.54) is 0 Å². The minimum absolute atomic E-state index is 0.256. The number of rotatable bonds is 4. The minimum atomic E-state index is -0.682. The Bertz CT molecular complexity index is 402. The van der Waals surface area contributed by atoms with Crippen molar-refractivity contribution >= 4 is 21.9 Å². The molecule has 0 spiro atoms. The van der Waals surface area contributed by atoms with E-state index in [1.807, 2.05) is 24.3 Å². The Hall–Kier alpha value is -0.870. The van der Waals surface area contributed by atoms with Gasteiger partial charge in [-0.25, -0.2) is 0 Å². The largest absolute Gasteiger partial charge is 0.481 e. The van der Waals surface area contributed by atoms with Gasteiger partial charge in [0, 0.05) is 4.47 Å². The number of benzene rings is 1. The number of carboxylic acids is 1. The van der Waals surface area contributed by atoms with Crippen LogP contribution in [0.25, 0.3) is 0 Å². The lowest BCUT2D eigenvalue weighted by atomic mass is 9.86. The minimum Gasteiger partial charge on any atom is -0.481 e. The van der Waals surface area contributed by atoms with E-state index in [0.29, 0.717) is 6.42 Å². The van der Waals surface area contributed by atoms with Gasteiger partial charge in [-0.1, -0.05) is 28.1 Å². The van der Waals surface area contributed by atoms with E-state index in [0.717, 1.165) is 29.5 Å². The van der Waals surface area contributed by atoms with Crippen molar-refractivity contribution in [2.24, 2.45) is 11.8 Å². The second kappa shape index (κ2) is 5.65. The first-order valence-corrected chi connectivity index (χ1v) is 6.64. The maximum Gasteiger partial charge on any atom is 0.307 e. The quantitative estimate of drug-likeness (QED) is 0.897. The van der Waals surface area contributed by atoms with Gasteiger partial charge in [0.2, 0.25) is 0 Å². The van der Waals surface area contributed by atoms with Crippen LogP contribution in [0, 0.1) is 11.8 Å². The topological polar surface area (TPSA) is 49.3 Å². The molecule has 0 radical (unpaired) electrons. The van der Waals surface area contributed by atoms with Gasteiger partial charge < -0.3 is 10.4 Å². The average Bonchev–Trinajstić information content (AvgIpc) is 2.78. The van der Waals surface area contributed by atoms with Crippen LogP contribution < -0.4 is 5.32 Å². The Kier molecular flexibility index (Phi) is 4.18. The van der Waals surface area contributed by atoms with E-state index in [-0.39, 0.29) is 11.8 Å². The van der Waals surface area contributed by atoms with E-state index < -0.39 is 5.97 Å². The summed E-state index contributed by atoms with van der Waals surface area (Å²) in [6, 6.07) is 7.89. The molecule has 0 aromatic heterocycles. The number of aliphatic carboxylic acids is 1. The van der Waals surface area contributed by atoms with Crippen LogP contribution in [-0.4, -0.2) is 24.2 Å². The molecule has 2 atom stereocenters. The summed E-state index contributed by atoms with van der Waals surface area (Å²) in [5, 5.41) is 12.6. The second-order valence-electron chi connectivity index (χ2n) is 4.53. The Balaban J connectivity index is 2.09. The standard InChI is InChI=1S/C13H16BrNO2/c14-11-3-1-2-9(6-11)7-12(13(16)17)10-4-5-15-8-10/h1-3,6,10,12,15H,4-5,7-8H2,(H,16,17)/t10-,12?/m0/s1. The van der Waals surface area contributed by atoms with Crippen molar-refractivity contribution in [1.29, 1.82) is 0 Å². The molecule has 0 amide bonds. The highest BCUT2D eigenvalue weighted by Crippen LogP contribution is 2.24. The number of carboxylic acid groups (broad SMARTS) is 1. The summed E-state index contributed by atoms with van der Waals surface area (Å²) in [6.07, 6.45) is 1.58. The molecule has 1 aliphatic rings. The van der Waals surface area contributed by atoms with Crippen molar-refractivity contribution in [2.75, 3.05) is 13.1 Å². The van der Waals surface area contributed by atoms with Gasteiger partial charge in [-0.05, 0) is 49.5 Å². The first-order valence-electron chi connectivity index (χ1n) is 5.85. The maximum absolute atomic E-state index is 11.3. The first kappa shape index (κ1) is 12.6. The summed E-state index contributed by atoms with van der Waals surface area (Å²) in [5.74, 6) is -0.704. The monoisotopic (exact) mass is 297 g/mol. The third-order valence-corrected chi connectivity index (χ3v) is 3.82. The van der Waals surface area contributed by atoms with Crippen LogP contribution >= 0.6 is 15.9 Å². The molecule has 1 aromatic rings. The maximum atomic E-state index is 11.3. The summed E-state index contributed by atoms with van der Waals surface area (Å²) in [4.78, 5) is 11.3. The first-order chi connectivity index (χ1) is 8.16. The Morgan fingerprint density at radius 2 is 2.41 bits per heavy atom. The second-order valence-corrected chi connectivity index (χ2v) is 5.45. The van der Waals surface area contributed by atoms with E-state index >= 15 is 0 Å². The Morgan fingerprint density at radius 1 is 1.59 bits per heavy atom. The molecule has 1 fully saturated rings. The number of hydrogen-bond acceptors (Lipinski definition) is 2. The molecular formula is C13H16BrNO2. The molecule has 4 heteroatoms. The smallest absolute Gasteiger partial charge is 0.307 e. The highest BCUT2D eigenvalue weighted by atomic mass is 79.9. The molecule has 92 valence electrons. The van der Waals surface area contributed by atoms with Gasteiger partial charge in [0.25, 0.3) is 0 Å². The number of carbonyl (C=O) groups is 1. The summed E-state index contributed by atoms with van der Waals surface area (Å²) >= 11 is 3.41. The molecule has 1 aliphatic heterocycles. The average molecular weight is 298 g/mol. The highest BCUT2D eigenvalue weighted by Gasteiger charge is 2.30. The molecular weight excluding hydrogens is 282 g/mol. The lowest BCUT2D eigenvalue weighted by Crippen LogP contribution is -2.27. The van der Waals surface area contributed by atoms with E-state index in [4.69, 9.17) is 0 Å². The summed E-state index contributed by atoms with van der Waals surface area (Å²) in [5.41, 5.74) is 1.08. The predicted molar refractivity (Wildman–Crippen MR) is 69.9 cm³/mol. The van der Waals surface area contributed by atoms with Gasteiger partial charge in [-0.3, -0.25) is 4.79 Å². The summed E-state index contributed by atoms with van der Waals surface area (Å²) in [7, 11) is 0. The lowest BCUT2D eigenvalue weighted by molar-refractivity contribution is -0.143. The zero-order chi connectivity index (χ0) is 12.3. The zero-order valence-electron chi connectivity index (χ0n) is 9.53. The molecule has 0 saturated carbocycles. The van der Waals surface area contributed by atoms with Crippen LogP contribution in [-0.2, 0) is 11.2 Å². The van der Waals surface area contributed by atoms with Gasteiger partial charge in [0.1, 0.15) is 0 Å². The van der Waals surface area contributed by atoms with Crippen LogP contribution in [0.2, 0.25) is 0 Å². The number of hydrogen-bond donors (Lipinski definition) is 2. The fourth-order valence-electron chi connectivity index (χ4n) is 2.39. The zero-order valence-corrected chi connectivity index (χ0v) is 11.1. The van der Waals surface area contributed by atoms with Crippen LogP contribution in [0.5, 0.6) is 0 Å². The molecule has 0 bridgehead atoms. The Morgan fingerprint density at radius 3 is 3.00 bits per heavy atom. The van der Waals surface area contributed by atoms with Gasteiger partial charge in [-0.2, -0.15) is 0 Å². The molecule has 1 aromatic carbocycles. The number of nitrogens with one attached hydrogen (secondary N) is 1. The Labute approximate surface area is 109 Å². The predicted octanol–water partition coefficient (Wildman–Crippen LogP) is 2.30. The van der Waals surface area contributed by atoms with Gasteiger partial charge >= 0.3 is 5.97 Å². The molecule has 1 saturated heterocycles. The fraction of sp³-hybridized carbons (Fsp3) is 0.462. The van der Waals surface area contributed by atoms with Crippen LogP contribution in [0.15, 0.2) is 28.7 Å². The van der Waals surface area contributed by atoms with Crippen LogP contribution in [0.1, 0.15) is 12.0 Å². The van der Waals surface area contributed by atoms with Crippen molar-refractivity contribution in [3.05, 3.63) is 34.3 Å². The molecule has 2 rings (SSSR count). The third kappa shape index (κ3) is 3.30. The fourth-order valence-corrected chi connectivity index (χ4v) is 2.84. The summed E-state index contributed by atoms with van der Waals surface area (Å²) < 4.78 is 1.00. The van der Waals surface area contributed by atoms with Crippen LogP contribution in [0.4, 0.5) is 0 Å². The van der Waals surface area contributed by atoms with Gasteiger partial charge in [-0.15, -0.1) is 0 Å². The van der Waals surface area contributed by atoms with Crippen LogP contribution in [0.3, 0.4) is 0 Å². The van der Waals surface area contributed by atoms with Crippen molar-refractivity contribution in [2.45, 2.75) is 12.8 Å². The normalized spacial score (nSPS) is 21.4. The van der Waals surface area contributed by atoms with Crippen molar-refractivity contribution < 1.29 is 9.90 Å². The van der Waals surface area contributed by atoms with E-state index in [2.05, 4.69) is 21.2 Å². The molecule has 1 heterocycles. The van der Waals surface area contributed by atoms with Gasteiger partial charge in [0.05, 0.1) is 5.92 Å². The van der Waals surface area contributed by atoms with Gasteiger partial charge in [0.15, 0.2) is 0 Å². The molecule has 1 unspecified atom stereocenters. The van der Waals surface area contributed by atoms with Crippen molar-refractivity contribution in [1.82, 2.24) is 5.32 Å². The molecule has 0 aliphatic carbocycles. The van der Waals surface area contributed by atoms with E-state index in [1.54, 1.807) is 0 Å². The molecule has 17 heavy (non-hydrogen) atoms. The third-order valence-electron chi connectivity index (χ3n) is 3.33. The highest BCUT2D eigenvalue weighted by molar-refractivity contribution is 9.10. The summed E-state index contributed by atoms with van der Waals surface area (Å²) in [6.45, 7) is 1.76. The molecule has 3 nitrogen and oxygen atoms in total. The van der Waals surface area contributed by atoms with E-state index in [9.17, 15) is 9.90 Å². The lowest BCUT2D eigenvalue weighted by Gasteiger charge is -2.18.